The highest BCUT2D eigenvalue weighted by molar-refractivity contribution is 5.85. The summed E-state index contributed by atoms with van der Waals surface area (Å²) < 4.78 is 51.6. The van der Waals surface area contributed by atoms with E-state index in [-0.39, 0.29) is 37.6 Å². The molecule has 308 valence electrons. The molecule has 55 heavy (non-hydrogen) atoms. The Labute approximate surface area is 325 Å². The van der Waals surface area contributed by atoms with E-state index in [2.05, 4.69) is 5.32 Å². The number of Topliss-reactive ketones (excluding diaryl/α,β-unsaturated/α-hetero) is 1. The fraction of sp³-hybridized carbons (Fsp3) is 0.756. The minimum atomic E-state index is -1.32. The molecule has 1 aromatic rings. The molecule has 2 bridgehead atoms. The molecule has 1 aromatic carbocycles. The number of nitrogens with zero attached hydrogens (tertiary/aromatic N) is 1. The SMILES string of the molecule is CC[C@H]1OC(=O)[C@H](C)[C@H]2OCC(Oc3ccccc3)CO[C@](C)(C[C@@H](C)C(=O)[C@H](C)[C@H]3NC(=O)O[C@@]31C)[C@H](O[C@@H]1O[C@H](C)C[C@H](N(C)C)[C@H]1OC(C)=O)[C@H]2C. The lowest BCUT2D eigenvalue weighted by atomic mass is 9.73. The number of carbonyl (C=O) groups excluding carboxylic acids is 4. The maximum atomic E-state index is 14.5. The number of likely N-dealkylation sites (N-methyl/N-ethyl adjacent to an activating group) is 1. The third kappa shape index (κ3) is 9.30. The molecule has 4 aliphatic heterocycles. The van der Waals surface area contributed by atoms with Gasteiger partial charge in [0.1, 0.15) is 23.7 Å². The van der Waals surface area contributed by atoms with Crippen LogP contribution >= 0.6 is 0 Å². The van der Waals surface area contributed by atoms with Crippen molar-refractivity contribution < 1.29 is 57.1 Å². The number of carbonyl (C=O) groups is 4. The van der Waals surface area contributed by atoms with E-state index in [1.807, 2.05) is 83.9 Å². The van der Waals surface area contributed by atoms with Crippen molar-refractivity contribution in [3.8, 4) is 5.75 Å². The van der Waals surface area contributed by atoms with Gasteiger partial charge in [-0.05, 0) is 73.2 Å². The van der Waals surface area contributed by atoms with E-state index in [0.29, 0.717) is 18.6 Å². The molecule has 0 spiro atoms. The molecule has 14 heteroatoms. The lowest BCUT2D eigenvalue weighted by Gasteiger charge is -2.49. The predicted molar refractivity (Wildman–Crippen MR) is 200 cm³/mol. The molecule has 0 aliphatic carbocycles. The standard InChI is InChI=1S/C41H62N2O12/c1-12-31-41(9)35(42-39(47)55-41)24(4)32(45)22(2)19-40(8)36(54-38-34(51-27(7)44)30(43(10)11)18-23(3)50-38)25(5)33(26(6)37(46)53-31)48-20-29(21-49-40)52-28-16-14-13-15-17-28/h13-17,22-26,29-31,33-36,38H,12,18-21H2,1-11H3,(H,42,47)/t22-,23-,24+,25+,26-,29?,30+,31-,33+,34-,35-,36-,38+,40-,41-/m1/s1. The topological polar surface area (TPSA) is 157 Å². The van der Waals surface area contributed by atoms with Crippen LogP contribution in [0.1, 0.15) is 81.6 Å². The van der Waals surface area contributed by atoms with Gasteiger partial charge in [-0.25, -0.2) is 4.79 Å². The average molecular weight is 775 g/mol. The van der Waals surface area contributed by atoms with Crippen molar-refractivity contribution in [2.45, 2.75) is 148 Å². The molecule has 5 rings (SSSR count). The van der Waals surface area contributed by atoms with Crippen LogP contribution in [0.2, 0.25) is 0 Å². The Kier molecular flexibility index (Phi) is 13.6. The second kappa shape index (κ2) is 17.5. The maximum absolute atomic E-state index is 14.5. The minimum Gasteiger partial charge on any atom is -0.486 e. The first-order valence-corrected chi connectivity index (χ1v) is 19.7. The number of esters is 2. The Morgan fingerprint density at radius 3 is 2.33 bits per heavy atom. The largest absolute Gasteiger partial charge is 0.486 e. The highest BCUT2D eigenvalue weighted by atomic mass is 16.7. The van der Waals surface area contributed by atoms with Gasteiger partial charge in [0.25, 0.3) is 0 Å². The van der Waals surface area contributed by atoms with E-state index in [9.17, 15) is 19.2 Å². The monoisotopic (exact) mass is 774 g/mol. The smallest absolute Gasteiger partial charge is 0.408 e. The van der Waals surface area contributed by atoms with E-state index in [1.165, 1.54) is 6.92 Å². The summed E-state index contributed by atoms with van der Waals surface area (Å²) in [6, 6.07) is 8.32. The first-order valence-electron chi connectivity index (χ1n) is 19.7. The van der Waals surface area contributed by atoms with Crippen molar-refractivity contribution >= 4 is 23.8 Å². The summed E-state index contributed by atoms with van der Waals surface area (Å²) in [5.41, 5.74) is -2.55. The van der Waals surface area contributed by atoms with Crippen molar-refractivity contribution in [1.29, 1.82) is 0 Å². The van der Waals surface area contributed by atoms with E-state index >= 15 is 0 Å². The van der Waals surface area contributed by atoms with Crippen molar-refractivity contribution in [3.63, 3.8) is 0 Å². The summed E-state index contributed by atoms with van der Waals surface area (Å²) in [6.07, 6.45) is -4.85. The number of para-hydroxylation sites is 1. The predicted octanol–water partition coefficient (Wildman–Crippen LogP) is 4.70. The molecule has 15 atom stereocenters. The molecule has 0 radical (unpaired) electrons. The van der Waals surface area contributed by atoms with Crippen LogP contribution in [-0.4, -0.2) is 122 Å². The third-order valence-corrected chi connectivity index (χ3v) is 12.0. The van der Waals surface area contributed by atoms with Gasteiger partial charge in [0.2, 0.25) is 0 Å². The number of cyclic esters (lactones) is 1. The fourth-order valence-electron chi connectivity index (χ4n) is 9.18. The molecular weight excluding hydrogens is 712 g/mol. The summed E-state index contributed by atoms with van der Waals surface area (Å²) in [7, 11) is 3.84. The second-order valence-electron chi connectivity index (χ2n) is 16.7. The van der Waals surface area contributed by atoms with Gasteiger partial charge in [-0.1, -0.05) is 45.9 Å². The van der Waals surface area contributed by atoms with Crippen LogP contribution in [0, 0.1) is 23.7 Å². The van der Waals surface area contributed by atoms with E-state index in [0.717, 1.165) is 0 Å². The normalized spacial score (nSPS) is 41.7. The average Bonchev–Trinajstić information content (AvgIpc) is 3.46. The number of alkyl carbamates (subject to hydrolysis) is 1. The molecule has 1 N–H and O–H groups in total. The summed E-state index contributed by atoms with van der Waals surface area (Å²) in [4.78, 5) is 56.2. The Balaban J connectivity index is 1.64. The molecule has 1 unspecified atom stereocenters. The highest BCUT2D eigenvalue weighted by Gasteiger charge is 2.58. The lowest BCUT2D eigenvalue weighted by molar-refractivity contribution is -0.305. The fourth-order valence-corrected chi connectivity index (χ4v) is 9.18. The van der Waals surface area contributed by atoms with Gasteiger partial charge >= 0.3 is 18.0 Å². The first-order chi connectivity index (χ1) is 25.9. The number of rotatable bonds is 7. The van der Waals surface area contributed by atoms with Gasteiger partial charge in [-0.2, -0.15) is 0 Å². The zero-order valence-electron chi connectivity index (χ0n) is 34.3. The van der Waals surface area contributed by atoms with Gasteiger partial charge in [0, 0.05) is 24.7 Å². The molecule has 14 nitrogen and oxygen atoms in total. The van der Waals surface area contributed by atoms with E-state index < -0.39 is 95.8 Å². The van der Waals surface area contributed by atoms with Gasteiger partial charge in [-0.3, -0.25) is 14.4 Å². The molecule has 4 heterocycles. The molecule has 4 aliphatic rings. The van der Waals surface area contributed by atoms with Crippen LogP contribution < -0.4 is 10.1 Å². The first kappa shape index (κ1) is 42.8. The summed E-state index contributed by atoms with van der Waals surface area (Å²) >= 11 is 0. The van der Waals surface area contributed by atoms with Gasteiger partial charge in [0.15, 0.2) is 18.0 Å². The lowest BCUT2D eigenvalue weighted by Crippen LogP contribution is -2.61. The van der Waals surface area contributed by atoms with Crippen molar-refractivity contribution in [3.05, 3.63) is 30.3 Å². The zero-order valence-corrected chi connectivity index (χ0v) is 34.3. The third-order valence-electron chi connectivity index (χ3n) is 12.0. The van der Waals surface area contributed by atoms with Crippen molar-refractivity contribution in [2.75, 3.05) is 27.3 Å². The molecular formula is C41H62N2O12. The molecule has 0 aromatic heterocycles. The summed E-state index contributed by atoms with van der Waals surface area (Å²) in [6.45, 7) is 16.1. The van der Waals surface area contributed by atoms with Crippen LogP contribution in [0.5, 0.6) is 5.75 Å². The number of nitrogens with one attached hydrogen (secondary N) is 1. The van der Waals surface area contributed by atoms with Crippen LogP contribution in [-0.2, 0) is 47.5 Å². The van der Waals surface area contributed by atoms with Crippen molar-refractivity contribution in [2.24, 2.45) is 23.7 Å². The number of amides is 1. The number of ketones is 1. The van der Waals surface area contributed by atoms with Crippen LogP contribution in [0.3, 0.4) is 0 Å². The van der Waals surface area contributed by atoms with Crippen LogP contribution in [0.4, 0.5) is 4.79 Å². The molecule has 4 fully saturated rings. The number of fused-ring (bicyclic) bond motifs is 4. The van der Waals surface area contributed by atoms with E-state index in [1.54, 1.807) is 20.8 Å². The molecule has 1 amide bonds. The zero-order chi connectivity index (χ0) is 40.4. The van der Waals surface area contributed by atoms with Gasteiger partial charge in [-0.15, -0.1) is 0 Å². The number of benzene rings is 1. The van der Waals surface area contributed by atoms with Crippen LogP contribution in [0.25, 0.3) is 0 Å². The second-order valence-corrected chi connectivity index (χ2v) is 16.7. The Morgan fingerprint density at radius 1 is 1.00 bits per heavy atom. The van der Waals surface area contributed by atoms with Gasteiger partial charge < -0.3 is 48.1 Å². The maximum Gasteiger partial charge on any atom is 0.408 e. The van der Waals surface area contributed by atoms with Crippen LogP contribution in [0.15, 0.2) is 30.3 Å². The quantitative estimate of drug-likeness (QED) is 0.301. The van der Waals surface area contributed by atoms with E-state index in [4.69, 9.17) is 37.9 Å². The molecule has 0 saturated carbocycles. The Morgan fingerprint density at radius 2 is 1.69 bits per heavy atom. The number of hydrogen-bond acceptors (Lipinski definition) is 13. The summed E-state index contributed by atoms with van der Waals surface area (Å²) in [5, 5.41) is 2.85. The van der Waals surface area contributed by atoms with Crippen molar-refractivity contribution in [1.82, 2.24) is 10.2 Å². The Hall–Kier alpha value is -3.30. The Bertz CT molecular complexity index is 1510. The molecule has 4 saturated heterocycles. The number of ether oxygens (including phenoxy) is 8. The van der Waals surface area contributed by atoms with Gasteiger partial charge in [0.05, 0.1) is 55.1 Å². The minimum absolute atomic E-state index is 0.0537. The summed E-state index contributed by atoms with van der Waals surface area (Å²) in [5.74, 6) is -3.34. The highest BCUT2D eigenvalue weighted by Crippen LogP contribution is 2.42. The number of hydrogen-bond donors (Lipinski definition) is 1.